The van der Waals surface area contributed by atoms with Crippen LogP contribution in [0, 0.1) is 5.92 Å². The van der Waals surface area contributed by atoms with E-state index in [2.05, 4.69) is 18.7 Å². The number of rotatable bonds is 3. The molecule has 1 aromatic carbocycles. The molecule has 1 aliphatic rings. The first-order valence-corrected chi connectivity index (χ1v) is 7.33. The number of hydrogen-bond donors (Lipinski definition) is 1. The van der Waals surface area contributed by atoms with Crippen LogP contribution in [0.25, 0.3) is 0 Å². The van der Waals surface area contributed by atoms with Gasteiger partial charge in [0.05, 0.1) is 11.2 Å². The third-order valence-electron chi connectivity index (χ3n) is 4.03. The highest BCUT2D eigenvalue weighted by Gasteiger charge is 2.36. The molecule has 0 aromatic heterocycles. The summed E-state index contributed by atoms with van der Waals surface area (Å²) >= 11 is 0. The fraction of sp³-hybridized carbons (Fsp3) is 0.625. The number of hydrogen-bond acceptors (Lipinski definition) is 2. The summed E-state index contributed by atoms with van der Waals surface area (Å²) in [6.45, 7) is 6.65. The first-order valence-electron chi connectivity index (χ1n) is 7.33. The van der Waals surface area contributed by atoms with Gasteiger partial charge in [0.25, 0.3) is 0 Å². The maximum Gasteiger partial charge on any atom is 0.416 e. The van der Waals surface area contributed by atoms with Gasteiger partial charge in [-0.25, -0.2) is 0 Å². The van der Waals surface area contributed by atoms with Gasteiger partial charge in [-0.15, -0.1) is 0 Å². The molecule has 0 spiro atoms. The van der Waals surface area contributed by atoms with Crippen LogP contribution < -0.4 is 0 Å². The molecule has 0 unspecified atom stereocenters. The molecule has 2 rings (SSSR count). The topological polar surface area (TPSA) is 23.5 Å². The maximum atomic E-state index is 12.8. The van der Waals surface area contributed by atoms with Crippen LogP contribution in [0.15, 0.2) is 24.3 Å². The van der Waals surface area contributed by atoms with E-state index in [0.717, 1.165) is 18.7 Å². The van der Waals surface area contributed by atoms with Crippen molar-refractivity contribution >= 4 is 0 Å². The summed E-state index contributed by atoms with van der Waals surface area (Å²) in [4.78, 5) is 2.26. The number of likely N-dealkylation sites (tertiary alicyclic amines) is 1. The van der Waals surface area contributed by atoms with Crippen LogP contribution in [0.5, 0.6) is 0 Å². The van der Waals surface area contributed by atoms with E-state index in [1.165, 1.54) is 6.07 Å². The standard InChI is InChI=1S/C16H22F3NO/c1-12(2)11-20-8-6-15(21,7-9-20)13-4-3-5-14(10-13)16(17,18)19/h3-5,10,12,21H,6-9,11H2,1-2H3. The molecule has 1 aromatic rings. The molecule has 0 amide bonds. The van der Waals surface area contributed by atoms with Crippen molar-refractivity contribution in [2.24, 2.45) is 5.92 Å². The van der Waals surface area contributed by atoms with Gasteiger partial charge in [0.1, 0.15) is 0 Å². The highest BCUT2D eigenvalue weighted by atomic mass is 19.4. The highest BCUT2D eigenvalue weighted by Crippen LogP contribution is 2.36. The Bertz CT molecular complexity index is 477. The molecule has 1 heterocycles. The van der Waals surface area contributed by atoms with Crippen LogP contribution in [0.4, 0.5) is 13.2 Å². The molecular weight excluding hydrogens is 279 g/mol. The van der Waals surface area contributed by atoms with E-state index < -0.39 is 17.3 Å². The van der Waals surface area contributed by atoms with Gasteiger partial charge in [0.15, 0.2) is 0 Å². The summed E-state index contributed by atoms with van der Waals surface area (Å²) in [7, 11) is 0. The van der Waals surface area contributed by atoms with Crippen molar-refractivity contribution in [3.05, 3.63) is 35.4 Å². The van der Waals surface area contributed by atoms with Crippen molar-refractivity contribution in [2.45, 2.75) is 38.5 Å². The Morgan fingerprint density at radius 1 is 1.24 bits per heavy atom. The average Bonchev–Trinajstić information content (AvgIpc) is 2.40. The molecule has 2 nitrogen and oxygen atoms in total. The number of aliphatic hydroxyl groups is 1. The zero-order valence-corrected chi connectivity index (χ0v) is 12.5. The molecule has 1 aliphatic heterocycles. The number of alkyl halides is 3. The predicted octanol–water partition coefficient (Wildman–Crippen LogP) is 3.64. The first kappa shape index (κ1) is 16.3. The third kappa shape index (κ3) is 3.98. The number of halogens is 3. The Morgan fingerprint density at radius 2 is 1.86 bits per heavy atom. The van der Waals surface area contributed by atoms with Crippen molar-refractivity contribution in [3.63, 3.8) is 0 Å². The summed E-state index contributed by atoms with van der Waals surface area (Å²) < 4.78 is 38.3. The Labute approximate surface area is 123 Å². The summed E-state index contributed by atoms with van der Waals surface area (Å²) in [6.07, 6.45) is -3.42. The van der Waals surface area contributed by atoms with Crippen LogP contribution >= 0.6 is 0 Å². The molecule has 0 bridgehead atoms. The lowest BCUT2D eigenvalue weighted by atomic mass is 9.83. The third-order valence-corrected chi connectivity index (χ3v) is 4.03. The van der Waals surface area contributed by atoms with E-state index in [4.69, 9.17) is 0 Å². The average molecular weight is 301 g/mol. The van der Waals surface area contributed by atoms with Crippen molar-refractivity contribution in [2.75, 3.05) is 19.6 Å². The molecule has 0 radical (unpaired) electrons. The second-order valence-electron chi connectivity index (χ2n) is 6.30. The molecule has 21 heavy (non-hydrogen) atoms. The minimum absolute atomic E-state index is 0.376. The Morgan fingerprint density at radius 3 is 2.38 bits per heavy atom. The molecular formula is C16H22F3NO. The van der Waals surface area contributed by atoms with E-state index in [0.29, 0.717) is 37.4 Å². The minimum atomic E-state index is -4.37. The van der Waals surface area contributed by atoms with Crippen LogP contribution in [0.1, 0.15) is 37.8 Å². The van der Waals surface area contributed by atoms with Crippen LogP contribution in [-0.2, 0) is 11.8 Å². The highest BCUT2D eigenvalue weighted by molar-refractivity contribution is 5.30. The molecule has 0 aliphatic carbocycles. The van der Waals surface area contributed by atoms with E-state index in [1.807, 2.05) is 0 Å². The fourth-order valence-electron chi connectivity index (χ4n) is 2.90. The van der Waals surface area contributed by atoms with Crippen LogP contribution in [-0.4, -0.2) is 29.6 Å². The molecule has 0 saturated carbocycles. The molecule has 118 valence electrons. The second kappa shape index (κ2) is 5.97. The number of benzene rings is 1. The smallest absolute Gasteiger partial charge is 0.385 e. The lowest BCUT2D eigenvalue weighted by molar-refractivity contribution is -0.137. The largest absolute Gasteiger partial charge is 0.416 e. The van der Waals surface area contributed by atoms with E-state index >= 15 is 0 Å². The van der Waals surface area contributed by atoms with Gasteiger partial charge in [-0.05, 0) is 36.5 Å². The molecule has 0 atom stereocenters. The molecule has 5 heteroatoms. The SMILES string of the molecule is CC(C)CN1CCC(O)(c2cccc(C(F)(F)F)c2)CC1. The van der Waals surface area contributed by atoms with Crippen molar-refractivity contribution in [1.29, 1.82) is 0 Å². The number of nitrogens with zero attached hydrogens (tertiary/aromatic N) is 1. The van der Waals surface area contributed by atoms with Crippen molar-refractivity contribution < 1.29 is 18.3 Å². The summed E-state index contributed by atoms with van der Waals surface area (Å²) in [5.41, 5.74) is -1.46. The van der Waals surface area contributed by atoms with E-state index in [9.17, 15) is 18.3 Å². The summed E-state index contributed by atoms with van der Waals surface area (Å²) in [5, 5.41) is 10.7. The summed E-state index contributed by atoms with van der Waals surface area (Å²) in [5.74, 6) is 0.546. The normalized spacial score (nSPS) is 20.0. The Balaban J connectivity index is 2.12. The number of piperidine rings is 1. The Kier molecular flexibility index (Phi) is 4.63. The second-order valence-corrected chi connectivity index (χ2v) is 6.30. The monoisotopic (exact) mass is 301 g/mol. The van der Waals surface area contributed by atoms with E-state index in [-0.39, 0.29) is 0 Å². The molecule has 1 saturated heterocycles. The first-order chi connectivity index (χ1) is 9.71. The van der Waals surface area contributed by atoms with Gasteiger partial charge in [0.2, 0.25) is 0 Å². The van der Waals surface area contributed by atoms with Crippen molar-refractivity contribution in [3.8, 4) is 0 Å². The lowest BCUT2D eigenvalue weighted by Gasteiger charge is -2.39. The molecule has 1 fully saturated rings. The fourth-order valence-corrected chi connectivity index (χ4v) is 2.90. The van der Waals surface area contributed by atoms with Gasteiger partial charge in [-0.3, -0.25) is 0 Å². The quantitative estimate of drug-likeness (QED) is 0.921. The predicted molar refractivity (Wildman–Crippen MR) is 75.9 cm³/mol. The van der Waals surface area contributed by atoms with Gasteiger partial charge in [-0.1, -0.05) is 26.0 Å². The minimum Gasteiger partial charge on any atom is -0.385 e. The van der Waals surface area contributed by atoms with Gasteiger partial charge in [-0.2, -0.15) is 13.2 Å². The zero-order chi connectivity index (χ0) is 15.7. The zero-order valence-electron chi connectivity index (χ0n) is 12.5. The summed E-state index contributed by atoms with van der Waals surface area (Å²) in [6, 6.07) is 5.09. The van der Waals surface area contributed by atoms with Crippen molar-refractivity contribution in [1.82, 2.24) is 4.90 Å². The molecule has 1 N–H and O–H groups in total. The van der Waals surface area contributed by atoms with E-state index in [1.54, 1.807) is 6.07 Å². The Hall–Kier alpha value is -1.07. The van der Waals surface area contributed by atoms with Gasteiger partial charge < -0.3 is 10.0 Å². The maximum absolute atomic E-state index is 12.8. The van der Waals surface area contributed by atoms with Gasteiger partial charge >= 0.3 is 6.18 Å². The van der Waals surface area contributed by atoms with Gasteiger partial charge in [0, 0.05) is 19.6 Å². The lowest BCUT2D eigenvalue weighted by Crippen LogP contribution is -2.43. The van der Waals surface area contributed by atoms with Crippen LogP contribution in [0.2, 0.25) is 0 Å². The van der Waals surface area contributed by atoms with Crippen LogP contribution in [0.3, 0.4) is 0 Å².